The highest BCUT2D eigenvalue weighted by atomic mass is 16.2. The molecule has 0 spiro atoms. The SMILES string of the molecule is CCCCNC(=O)Nc1ccnc2cc(-c3cnn(C)c3)cnc12. The van der Waals surface area contributed by atoms with Gasteiger partial charge in [0.25, 0.3) is 0 Å². The van der Waals surface area contributed by atoms with Crippen molar-refractivity contribution in [2.75, 3.05) is 11.9 Å². The van der Waals surface area contributed by atoms with Gasteiger partial charge in [-0.05, 0) is 18.6 Å². The average Bonchev–Trinajstić information content (AvgIpc) is 3.01. The number of urea groups is 1. The molecule has 0 atom stereocenters. The molecule has 0 bridgehead atoms. The van der Waals surface area contributed by atoms with E-state index in [0.717, 1.165) is 29.5 Å². The molecule has 3 heterocycles. The van der Waals surface area contributed by atoms with E-state index in [0.29, 0.717) is 17.7 Å². The number of aromatic nitrogens is 4. The largest absolute Gasteiger partial charge is 0.338 e. The van der Waals surface area contributed by atoms with Crippen LogP contribution in [0.25, 0.3) is 22.2 Å². The zero-order chi connectivity index (χ0) is 16.9. The van der Waals surface area contributed by atoms with Crippen LogP contribution in [0.2, 0.25) is 0 Å². The molecule has 24 heavy (non-hydrogen) atoms. The van der Waals surface area contributed by atoms with Crippen LogP contribution in [0.1, 0.15) is 19.8 Å². The van der Waals surface area contributed by atoms with Crippen LogP contribution in [0.3, 0.4) is 0 Å². The molecule has 0 radical (unpaired) electrons. The molecule has 0 aliphatic rings. The Morgan fingerprint density at radius 2 is 2.12 bits per heavy atom. The van der Waals surface area contributed by atoms with Gasteiger partial charge in [0.05, 0.1) is 17.4 Å². The molecule has 3 aromatic rings. The Kier molecular flexibility index (Phi) is 4.69. The highest BCUT2D eigenvalue weighted by molar-refractivity contribution is 5.98. The van der Waals surface area contributed by atoms with Crippen molar-refractivity contribution in [3.8, 4) is 11.1 Å². The van der Waals surface area contributed by atoms with Gasteiger partial charge in [-0.1, -0.05) is 13.3 Å². The number of amides is 2. The van der Waals surface area contributed by atoms with Gasteiger partial charge in [0, 0.05) is 43.3 Å². The van der Waals surface area contributed by atoms with Gasteiger partial charge in [-0.2, -0.15) is 5.10 Å². The van der Waals surface area contributed by atoms with Crippen molar-refractivity contribution in [1.29, 1.82) is 0 Å². The number of pyridine rings is 2. The van der Waals surface area contributed by atoms with E-state index < -0.39 is 0 Å². The fraction of sp³-hybridized carbons (Fsp3) is 0.294. The summed E-state index contributed by atoms with van der Waals surface area (Å²) < 4.78 is 1.74. The standard InChI is InChI=1S/C17H20N6O/c1-3-4-6-19-17(24)22-14-5-7-18-15-8-12(9-20-16(14)15)13-10-21-23(2)11-13/h5,7-11H,3-4,6H2,1-2H3,(H2,18,19,22,24). The Morgan fingerprint density at radius 1 is 1.25 bits per heavy atom. The molecule has 0 aromatic carbocycles. The summed E-state index contributed by atoms with van der Waals surface area (Å²) in [7, 11) is 1.87. The maximum Gasteiger partial charge on any atom is 0.319 e. The summed E-state index contributed by atoms with van der Waals surface area (Å²) in [5.74, 6) is 0. The number of fused-ring (bicyclic) bond motifs is 1. The van der Waals surface area contributed by atoms with Crippen LogP contribution in [0.15, 0.2) is 36.9 Å². The molecule has 7 nitrogen and oxygen atoms in total. The molecule has 0 saturated carbocycles. The summed E-state index contributed by atoms with van der Waals surface area (Å²) in [6.07, 6.45) is 9.13. The molecule has 3 rings (SSSR count). The summed E-state index contributed by atoms with van der Waals surface area (Å²) in [4.78, 5) is 20.8. The number of rotatable bonds is 5. The van der Waals surface area contributed by atoms with E-state index in [4.69, 9.17) is 0 Å². The molecule has 0 aliphatic heterocycles. The number of carbonyl (C=O) groups is 1. The van der Waals surface area contributed by atoms with Crippen molar-refractivity contribution < 1.29 is 4.79 Å². The second kappa shape index (κ2) is 7.08. The lowest BCUT2D eigenvalue weighted by atomic mass is 10.1. The number of hydrogen-bond acceptors (Lipinski definition) is 4. The predicted molar refractivity (Wildman–Crippen MR) is 93.7 cm³/mol. The van der Waals surface area contributed by atoms with Crippen LogP contribution in [0, 0.1) is 0 Å². The number of aryl methyl sites for hydroxylation is 1. The van der Waals surface area contributed by atoms with E-state index in [1.54, 1.807) is 29.3 Å². The molecule has 0 fully saturated rings. The zero-order valence-corrected chi connectivity index (χ0v) is 13.8. The van der Waals surface area contributed by atoms with Crippen LogP contribution < -0.4 is 10.6 Å². The van der Waals surface area contributed by atoms with Gasteiger partial charge in [-0.15, -0.1) is 0 Å². The number of hydrogen-bond donors (Lipinski definition) is 2. The van der Waals surface area contributed by atoms with Gasteiger partial charge < -0.3 is 10.6 Å². The normalized spacial score (nSPS) is 10.8. The third-order valence-corrected chi connectivity index (χ3v) is 3.68. The first kappa shape index (κ1) is 15.9. The summed E-state index contributed by atoms with van der Waals surface area (Å²) in [5.41, 5.74) is 3.95. The molecular weight excluding hydrogens is 304 g/mol. The average molecular weight is 324 g/mol. The second-order valence-electron chi connectivity index (χ2n) is 5.59. The number of carbonyl (C=O) groups excluding carboxylic acids is 1. The Bertz CT molecular complexity index is 857. The van der Waals surface area contributed by atoms with E-state index in [1.807, 2.05) is 19.3 Å². The predicted octanol–water partition coefficient (Wildman–Crippen LogP) is 2.95. The Balaban J connectivity index is 1.84. The maximum absolute atomic E-state index is 11.9. The van der Waals surface area contributed by atoms with Gasteiger partial charge in [0.2, 0.25) is 0 Å². The lowest BCUT2D eigenvalue weighted by Gasteiger charge is -2.09. The molecule has 0 saturated heterocycles. The first-order chi connectivity index (χ1) is 11.7. The molecule has 3 aromatic heterocycles. The molecule has 7 heteroatoms. The third kappa shape index (κ3) is 3.51. The van der Waals surface area contributed by atoms with E-state index in [1.165, 1.54) is 0 Å². The van der Waals surface area contributed by atoms with E-state index in [9.17, 15) is 4.79 Å². The van der Waals surface area contributed by atoms with Crippen molar-refractivity contribution in [3.63, 3.8) is 0 Å². The highest BCUT2D eigenvalue weighted by Gasteiger charge is 2.09. The van der Waals surface area contributed by atoms with Crippen LogP contribution in [0.4, 0.5) is 10.5 Å². The van der Waals surface area contributed by atoms with Crippen molar-refractivity contribution >= 4 is 22.8 Å². The van der Waals surface area contributed by atoms with Gasteiger partial charge in [-0.25, -0.2) is 4.79 Å². The minimum atomic E-state index is -0.228. The second-order valence-corrected chi connectivity index (χ2v) is 5.59. The molecule has 124 valence electrons. The first-order valence-corrected chi connectivity index (χ1v) is 7.96. The Morgan fingerprint density at radius 3 is 2.88 bits per heavy atom. The highest BCUT2D eigenvalue weighted by Crippen LogP contribution is 2.24. The third-order valence-electron chi connectivity index (χ3n) is 3.68. The van der Waals surface area contributed by atoms with Gasteiger partial charge in [0.1, 0.15) is 5.52 Å². The van der Waals surface area contributed by atoms with Gasteiger partial charge >= 0.3 is 6.03 Å². The minimum Gasteiger partial charge on any atom is -0.338 e. The Hall–Kier alpha value is -2.96. The summed E-state index contributed by atoms with van der Waals surface area (Å²) in [5, 5.41) is 9.83. The monoisotopic (exact) mass is 324 g/mol. The summed E-state index contributed by atoms with van der Waals surface area (Å²) in [6.45, 7) is 2.74. The Labute approximate surface area is 140 Å². The number of unbranched alkanes of at least 4 members (excludes halogenated alkanes) is 1. The molecule has 2 N–H and O–H groups in total. The fourth-order valence-corrected chi connectivity index (χ4v) is 2.40. The quantitative estimate of drug-likeness (QED) is 0.707. The van der Waals surface area contributed by atoms with E-state index >= 15 is 0 Å². The van der Waals surface area contributed by atoms with Crippen LogP contribution in [-0.2, 0) is 7.05 Å². The summed E-state index contributed by atoms with van der Waals surface area (Å²) >= 11 is 0. The number of anilines is 1. The van der Waals surface area contributed by atoms with Crippen LogP contribution in [-0.4, -0.2) is 32.3 Å². The lowest BCUT2D eigenvalue weighted by Crippen LogP contribution is -2.29. The molecule has 0 unspecified atom stereocenters. The molecule has 0 aliphatic carbocycles. The molecule has 2 amide bonds. The maximum atomic E-state index is 11.9. The minimum absolute atomic E-state index is 0.228. The van der Waals surface area contributed by atoms with E-state index in [2.05, 4.69) is 32.6 Å². The van der Waals surface area contributed by atoms with Crippen molar-refractivity contribution in [1.82, 2.24) is 25.1 Å². The molecular formula is C17H20N6O. The van der Waals surface area contributed by atoms with E-state index in [-0.39, 0.29) is 6.03 Å². The topological polar surface area (TPSA) is 84.7 Å². The van der Waals surface area contributed by atoms with Gasteiger partial charge in [-0.3, -0.25) is 14.6 Å². The zero-order valence-electron chi connectivity index (χ0n) is 13.8. The van der Waals surface area contributed by atoms with Crippen molar-refractivity contribution in [2.24, 2.45) is 7.05 Å². The summed E-state index contributed by atoms with van der Waals surface area (Å²) in [6, 6.07) is 3.46. The van der Waals surface area contributed by atoms with Gasteiger partial charge in [0.15, 0.2) is 0 Å². The number of nitrogens with zero attached hydrogens (tertiary/aromatic N) is 4. The van der Waals surface area contributed by atoms with Crippen molar-refractivity contribution in [2.45, 2.75) is 19.8 Å². The van der Waals surface area contributed by atoms with Crippen LogP contribution in [0.5, 0.6) is 0 Å². The first-order valence-electron chi connectivity index (χ1n) is 7.96. The lowest BCUT2D eigenvalue weighted by molar-refractivity contribution is 0.252. The van der Waals surface area contributed by atoms with Crippen LogP contribution >= 0.6 is 0 Å². The fourth-order valence-electron chi connectivity index (χ4n) is 2.40. The number of nitrogens with one attached hydrogen (secondary N) is 2. The van der Waals surface area contributed by atoms with Crippen molar-refractivity contribution in [3.05, 3.63) is 36.9 Å². The smallest absolute Gasteiger partial charge is 0.319 e.